The van der Waals surface area contributed by atoms with Crippen molar-refractivity contribution in [2.24, 2.45) is 0 Å². The first kappa shape index (κ1) is 15.6. The fraction of sp³-hybridized carbons (Fsp3) is 0.500. The largest absolute Gasteiger partial charge is 0.490 e. The highest BCUT2D eigenvalue weighted by Gasteiger charge is 2.40. The Balaban J connectivity index is 2.12. The van der Waals surface area contributed by atoms with Gasteiger partial charge >= 0.3 is 12.1 Å². The van der Waals surface area contributed by atoms with E-state index in [2.05, 4.69) is 5.32 Å². The van der Waals surface area contributed by atoms with Crippen LogP contribution in [0.5, 0.6) is 5.75 Å². The molecule has 2 rings (SSSR count). The Bertz CT molecular complexity index is 528. The summed E-state index contributed by atoms with van der Waals surface area (Å²) in [4.78, 5) is 11.3. The highest BCUT2D eigenvalue weighted by atomic mass is 19.4. The molecule has 2 N–H and O–H groups in total. The average Bonchev–Trinajstić information content (AvgIpc) is 3.19. The van der Waals surface area contributed by atoms with Gasteiger partial charge in [-0.25, -0.2) is 0 Å². The molecule has 1 atom stereocenters. The third kappa shape index (κ3) is 3.87. The molecular weight excluding hydrogens is 287 g/mol. The molecule has 0 aliphatic heterocycles. The summed E-state index contributed by atoms with van der Waals surface area (Å²) in [5.41, 5.74) is -2.33. The SMILES string of the molecule is CC(COc1ccccc1C(F)(F)F)(NC1CC1)C(=O)O. The minimum absolute atomic E-state index is 0.0903. The second-order valence-corrected chi connectivity index (χ2v) is 5.34. The predicted octanol–water partition coefficient (Wildman–Crippen LogP) is 2.68. The van der Waals surface area contributed by atoms with E-state index < -0.39 is 23.2 Å². The molecule has 1 aromatic carbocycles. The van der Waals surface area contributed by atoms with E-state index >= 15 is 0 Å². The van der Waals surface area contributed by atoms with Gasteiger partial charge in [0.05, 0.1) is 5.56 Å². The van der Waals surface area contributed by atoms with Crippen LogP contribution < -0.4 is 10.1 Å². The maximum atomic E-state index is 12.8. The highest BCUT2D eigenvalue weighted by molar-refractivity contribution is 5.78. The van der Waals surface area contributed by atoms with Crippen LogP contribution in [0, 0.1) is 0 Å². The van der Waals surface area contributed by atoms with E-state index in [9.17, 15) is 23.1 Å². The number of aliphatic carboxylic acids is 1. The Kier molecular flexibility index (Phi) is 4.13. The van der Waals surface area contributed by atoms with Crippen LogP contribution in [0.15, 0.2) is 24.3 Å². The van der Waals surface area contributed by atoms with E-state index in [-0.39, 0.29) is 18.4 Å². The van der Waals surface area contributed by atoms with Crippen molar-refractivity contribution in [2.75, 3.05) is 6.61 Å². The Morgan fingerprint density at radius 2 is 2.00 bits per heavy atom. The summed E-state index contributed by atoms with van der Waals surface area (Å²) in [6.45, 7) is 1.02. The first-order valence-corrected chi connectivity index (χ1v) is 6.52. The minimum Gasteiger partial charge on any atom is -0.490 e. The van der Waals surface area contributed by atoms with Crippen molar-refractivity contribution in [2.45, 2.75) is 37.5 Å². The third-order valence-electron chi connectivity index (χ3n) is 3.28. The molecule has 4 nitrogen and oxygen atoms in total. The van der Waals surface area contributed by atoms with E-state index in [4.69, 9.17) is 4.74 Å². The molecule has 0 amide bonds. The standard InChI is InChI=1S/C14H16F3NO3/c1-13(12(19)20,18-9-6-7-9)8-21-11-5-3-2-4-10(11)14(15,16)17/h2-5,9,18H,6-8H2,1H3,(H,19,20). The molecule has 1 aromatic rings. The molecular formula is C14H16F3NO3. The summed E-state index contributed by atoms with van der Waals surface area (Å²) in [6, 6.07) is 4.85. The van der Waals surface area contributed by atoms with Crippen LogP contribution >= 0.6 is 0 Å². The van der Waals surface area contributed by atoms with Crippen LogP contribution in [0.2, 0.25) is 0 Å². The zero-order chi connectivity index (χ0) is 15.7. The van der Waals surface area contributed by atoms with Crippen molar-refractivity contribution in [1.82, 2.24) is 5.32 Å². The smallest absolute Gasteiger partial charge is 0.419 e. The number of rotatable bonds is 6. The number of carboxylic acid groups (broad SMARTS) is 1. The molecule has 0 aromatic heterocycles. The molecule has 1 aliphatic carbocycles. The van der Waals surface area contributed by atoms with Gasteiger partial charge in [0.2, 0.25) is 0 Å². The molecule has 1 fully saturated rings. The van der Waals surface area contributed by atoms with Crippen molar-refractivity contribution in [1.29, 1.82) is 0 Å². The van der Waals surface area contributed by atoms with Crippen LogP contribution in [-0.2, 0) is 11.0 Å². The van der Waals surface area contributed by atoms with Gasteiger partial charge in [0.1, 0.15) is 17.9 Å². The third-order valence-corrected chi connectivity index (χ3v) is 3.28. The van der Waals surface area contributed by atoms with Gasteiger partial charge in [-0.05, 0) is 31.9 Å². The van der Waals surface area contributed by atoms with Crippen LogP contribution in [-0.4, -0.2) is 29.3 Å². The molecule has 0 saturated heterocycles. The van der Waals surface area contributed by atoms with E-state index in [1.165, 1.54) is 25.1 Å². The van der Waals surface area contributed by atoms with Gasteiger partial charge < -0.3 is 9.84 Å². The van der Waals surface area contributed by atoms with E-state index in [0.717, 1.165) is 18.9 Å². The molecule has 7 heteroatoms. The number of para-hydroxylation sites is 1. The number of alkyl halides is 3. The molecule has 116 valence electrons. The fourth-order valence-electron chi connectivity index (χ4n) is 1.89. The van der Waals surface area contributed by atoms with Crippen molar-refractivity contribution in [3.63, 3.8) is 0 Å². The normalized spacial score (nSPS) is 18.1. The summed E-state index contributed by atoms with van der Waals surface area (Å²) in [5, 5.41) is 12.1. The lowest BCUT2D eigenvalue weighted by molar-refractivity contribution is -0.145. The van der Waals surface area contributed by atoms with E-state index in [1.54, 1.807) is 0 Å². The molecule has 0 bridgehead atoms. The first-order chi connectivity index (χ1) is 9.72. The Hall–Kier alpha value is -1.76. The number of ether oxygens (including phenoxy) is 1. The molecule has 21 heavy (non-hydrogen) atoms. The summed E-state index contributed by atoms with van der Waals surface area (Å²) in [5.74, 6) is -1.52. The molecule has 0 spiro atoms. The summed E-state index contributed by atoms with van der Waals surface area (Å²) >= 11 is 0. The topological polar surface area (TPSA) is 58.6 Å². The Morgan fingerprint density at radius 1 is 1.38 bits per heavy atom. The van der Waals surface area contributed by atoms with Crippen molar-refractivity contribution >= 4 is 5.97 Å². The second-order valence-electron chi connectivity index (χ2n) is 5.34. The number of carbonyl (C=O) groups is 1. The van der Waals surface area contributed by atoms with Crippen LogP contribution in [0.3, 0.4) is 0 Å². The predicted molar refractivity (Wildman–Crippen MR) is 69.1 cm³/mol. The lowest BCUT2D eigenvalue weighted by Crippen LogP contribution is -2.54. The van der Waals surface area contributed by atoms with Gasteiger partial charge in [-0.1, -0.05) is 12.1 Å². The molecule has 1 aliphatic rings. The number of carboxylic acids is 1. The summed E-state index contributed by atoms with van der Waals surface area (Å²) < 4.78 is 43.7. The lowest BCUT2D eigenvalue weighted by atomic mass is 10.0. The van der Waals surface area contributed by atoms with Crippen LogP contribution in [0.4, 0.5) is 13.2 Å². The van der Waals surface area contributed by atoms with Crippen LogP contribution in [0.1, 0.15) is 25.3 Å². The zero-order valence-electron chi connectivity index (χ0n) is 11.4. The van der Waals surface area contributed by atoms with Crippen molar-refractivity contribution in [3.8, 4) is 5.75 Å². The first-order valence-electron chi connectivity index (χ1n) is 6.52. The average molecular weight is 303 g/mol. The number of nitrogens with one attached hydrogen (secondary N) is 1. The maximum absolute atomic E-state index is 12.8. The van der Waals surface area contributed by atoms with Gasteiger partial charge in [-0.15, -0.1) is 0 Å². The lowest BCUT2D eigenvalue weighted by Gasteiger charge is -2.27. The van der Waals surface area contributed by atoms with Gasteiger partial charge in [0.15, 0.2) is 0 Å². The molecule has 0 radical (unpaired) electrons. The maximum Gasteiger partial charge on any atom is 0.419 e. The Morgan fingerprint density at radius 3 is 2.52 bits per heavy atom. The van der Waals surface area contributed by atoms with Gasteiger partial charge in [0, 0.05) is 6.04 Å². The summed E-state index contributed by atoms with van der Waals surface area (Å²) in [6.07, 6.45) is -2.82. The van der Waals surface area contributed by atoms with E-state index in [0.29, 0.717) is 0 Å². The fourth-order valence-corrected chi connectivity index (χ4v) is 1.89. The molecule has 1 unspecified atom stereocenters. The Labute approximate surface area is 119 Å². The molecule has 1 saturated carbocycles. The van der Waals surface area contributed by atoms with Crippen molar-refractivity contribution in [3.05, 3.63) is 29.8 Å². The highest BCUT2D eigenvalue weighted by Crippen LogP contribution is 2.36. The molecule has 0 heterocycles. The number of hydrogen-bond donors (Lipinski definition) is 2. The van der Waals surface area contributed by atoms with Gasteiger partial charge in [-0.3, -0.25) is 10.1 Å². The summed E-state index contributed by atoms with van der Waals surface area (Å²) in [7, 11) is 0. The van der Waals surface area contributed by atoms with Gasteiger partial charge in [0.25, 0.3) is 0 Å². The minimum atomic E-state index is -4.54. The second kappa shape index (κ2) is 5.55. The van der Waals surface area contributed by atoms with Crippen molar-refractivity contribution < 1.29 is 27.8 Å². The van der Waals surface area contributed by atoms with Gasteiger partial charge in [-0.2, -0.15) is 13.2 Å². The number of benzene rings is 1. The monoisotopic (exact) mass is 303 g/mol. The van der Waals surface area contributed by atoms with E-state index in [1.807, 2.05) is 0 Å². The number of hydrogen-bond acceptors (Lipinski definition) is 3. The number of halogens is 3. The quantitative estimate of drug-likeness (QED) is 0.848. The zero-order valence-corrected chi connectivity index (χ0v) is 11.4. The van der Waals surface area contributed by atoms with Crippen LogP contribution in [0.25, 0.3) is 0 Å².